The van der Waals surface area contributed by atoms with Crippen molar-refractivity contribution in [3.63, 3.8) is 0 Å². The van der Waals surface area contributed by atoms with Crippen molar-refractivity contribution in [2.45, 2.75) is 71.6 Å². The zero-order valence-electron chi connectivity index (χ0n) is 10.6. The Hall–Kier alpha value is 0.250. The van der Waals surface area contributed by atoms with Crippen molar-refractivity contribution in [3.05, 3.63) is 0 Å². The van der Waals surface area contributed by atoms with Crippen LogP contribution in [0.15, 0.2) is 0 Å². The summed E-state index contributed by atoms with van der Waals surface area (Å²) in [7, 11) is 0. The predicted molar refractivity (Wildman–Crippen MR) is 70.7 cm³/mol. The predicted octanol–water partition coefficient (Wildman–Crippen LogP) is 4.75. The van der Waals surface area contributed by atoms with E-state index in [1.807, 2.05) is 0 Å². The molecule has 1 nitrogen and oxygen atoms in total. The van der Waals surface area contributed by atoms with Gasteiger partial charge in [-0.15, -0.1) is 11.6 Å². The molecular weight excluding hydrogens is 208 g/mol. The molecule has 0 rings (SSSR count). The molecule has 0 aromatic carbocycles. The number of unbranched alkanes of at least 4 members (excludes halogenated alkanes) is 7. The maximum Gasteiger partial charge on any atom is 0.0431 e. The quantitative estimate of drug-likeness (QED) is 0.452. The van der Waals surface area contributed by atoms with Gasteiger partial charge in [0.1, 0.15) is 0 Å². The van der Waals surface area contributed by atoms with E-state index in [4.69, 9.17) is 16.7 Å². The lowest BCUT2D eigenvalue weighted by atomic mass is 10.1. The highest BCUT2D eigenvalue weighted by molar-refractivity contribution is 6.17. The minimum Gasteiger partial charge on any atom is -0.396 e. The second-order valence-corrected chi connectivity index (χ2v) is 4.27. The largest absolute Gasteiger partial charge is 0.396 e. The molecule has 0 saturated heterocycles. The van der Waals surface area contributed by atoms with Crippen molar-refractivity contribution < 1.29 is 5.11 Å². The van der Waals surface area contributed by atoms with Gasteiger partial charge in [0, 0.05) is 12.5 Å². The molecule has 0 aromatic rings. The van der Waals surface area contributed by atoms with Crippen LogP contribution >= 0.6 is 11.6 Å². The fourth-order valence-electron chi connectivity index (χ4n) is 1.24. The van der Waals surface area contributed by atoms with E-state index in [9.17, 15) is 0 Å². The van der Waals surface area contributed by atoms with Crippen molar-refractivity contribution in [2.75, 3.05) is 12.5 Å². The number of aliphatic hydroxyl groups is 1. The Bertz CT molecular complexity index is 76.6. The molecule has 0 aliphatic rings. The summed E-state index contributed by atoms with van der Waals surface area (Å²) in [6.07, 6.45) is 11.3. The summed E-state index contributed by atoms with van der Waals surface area (Å²) < 4.78 is 0. The van der Waals surface area contributed by atoms with Crippen molar-refractivity contribution in [3.8, 4) is 0 Å². The number of halogens is 1. The molecule has 0 radical (unpaired) electrons. The van der Waals surface area contributed by atoms with Gasteiger partial charge in [0.15, 0.2) is 0 Å². The second-order valence-electron chi connectivity index (χ2n) is 3.89. The lowest BCUT2D eigenvalue weighted by Crippen LogP contribution is -1.78. The van der Waals surface area contributed by atoms with Gasteiger partial charge in [-0.3, -0.25) is 0 Å². The summed E-state index contributed by atoms with van der Waals surface area (Å²) in [6, 6.07) is 0. The van der Waals surface area contributed by atoms with E-state index >= 15 is 0 Å². The van der Waals surface area contributed by atoms with Gasteiger partial charge in [-0.25, -0.2) is 0 Å². The Labute approximate surface area is 101 Å². The molecule has 0 fully saturated rings. The van der Waals surface area contributed by atoms with Crippen LogP contribution in [-0.4, -0.2) is 17.6 Å². The molecule has 0 atom stereocenters. The minimum absolute atomic E-state index is 0.355. The molecule has 0 heterocycles. The van der Waals surface area contributed by atoms with Crippen LogP contribution in [0.4, 0.5) is 0 Å². The van der Waals surface area contributed by atoms with Crippen LogP contribution in [0.2, 0.25) is 0 Å². The first-order valence-electron chi connectivity index (χ1n) is 6.50. The summed E-state index contributed by atoms with van der Waals surface area (Å²) >= 11 is 5.51. The summed E-state index contributed by atoms with van der Waals surface area (Å²) in [4.78, 5) is 0. The maximum absolute atomic E-state index is 8.20. The Kier molecular flexibility index (Phi) is 23.2. The van der Waals surface area contributed by atoms with E-state index in [2.05, 4.69) is 13.8 Å². The zero-order chi connectivity index (χ0) is 11.8. The van der Waals surface area contributed by atoms with Gasteiger partial charge < -0.3 is 5.11 Å². The molecule has 0 aromatic heterocycles. The highest BCUT2D eigenvalue weighted by Crippen LogP contribution is 2.04. The van der Waals surface area contributed by atoms with Crippen LogP contribution < -0.4 is 0 Å². The van der Waals surface area contributed by atoms with E-state index in [1.54, 1.807) is 0 Å². The number of rotatable bonds is 9. The average molecular weight is 237 g/mol. The number of alkyl halides is 1. The molecule has 0 amide bonds. The van der Waals surface area contributed by atoms with Crippen LogP contribution in [0.3, 0.4) is 0 Å². The molecule has 0 spiro atoms. The SMILES string of the molecule is CCCCCCCCCl.CCCCCO. The Morgan fingerprint density at radius 2 is 1.20 bits per heavy atom. The van der Waals surface area contributed by atoms with Crippen molar-refractivity contribution >= 4 is 11.6 Å². The molecule has 0 saturated carbocycles. The molecule has 15 heavy (non-hydrogen) atoms. The van der Waals surface area contributed by atoms with Gasteiger partial charge in [0.2, 0.25) is 0 Å². The average Bonchev–Trinajstić information content (AvgIpc) is 2.27. The third-order valence-corrected chi connectivity index (χ3v) is 2.52. The maximum atomic E-state index is 8.20. The van der Waals surface area contributed by atoms with E-state index in [1.165, 1.54) is 44.9 Å². The van der Waals surface area contributed by atoms with Gasteiger partial charge in [-0.05, 0) is 12.8 Å². The second kappa shape index (κ2) is 19.8. The zero-order valence-corrected chi connectivity index (χ0v) is 11.4. The van der Waals surface area contributed by atoms with Crippen LogP contribution in [0.5, 0.6) is 0 Å². The molecular formula is C13H29ClO. The molecule has 1 N–H and O–H groups in total. The van der Waals surface area contributed by atoms with Gasteiger partial charge in [0.05, 0.1) is 0 Å². The summed E-state index contributed by atoms with van der Waals surface area (Å²) in [5.74, 6) is 0.839. The van der Waals surface area contributed by atoms with Crippen LogP contribution in [0, 0.1) is 0 Å². The Balaban J connectivity index is 0. The van der Waals surface area contributed by atoms with Crippen molar-refractivity contribution in [1.29, 1.82) is 0 Å². The Morgan fingerprint density at radius 1 is 0.733 bits per heavy atom. The monoisotopic (exact) mass is 236 g/mol. The van der Waals surface area contributed by atoms with E-state index in [-0.39, 0.29) is 0 Å². The van der Waals surface area contributed by atoms with Gasteiger partial charge in [0.25, 0.3) is 0 Å². The number of aliphatic hydroxyl groups excluding tert-OH is 1. The fraction of sp³-hybridized carbons (Fsp3) is 1.00. The highest BCUT2D eigenvalue weighted by Gasteiger charge is 1.86. The van der Waals surface area contributed by atoms with Gasteiger partial charge >= 0.3 is 0 Å². The van der Waals surface area contributed by atoms with Crippen LogP contribution in [0.25, 0.3) is 0 Å². The van der Waals surface area contributed by atoms with Crippen molar-refractivity contribution in [1.82, 2.24) is 0 Å². The topological polar surface area (TPSA) is 20.2 Å². The third kappa shape index (κ3) is 25.0. The van der Waals surface area contributed by atoms with Gasteiger partial charge in [-0.1, -0.05) is 58.8 Å². The number of hydrogen-bond donors (Lipinski definition) is 1. The van der Waals surface area contributed by atoms with Crippen molar-refractivity contribution in [2.24, 2.45) is 0 Å². The Morgan fingerprint density at radius 3 is 1.60 bits per heavy atom. The van der Waals surface area contributed by atoms with E-state index in [0.29, 0.717) is 6.61 Å². The first kappa shape index (κ1) is 17.6. The first-order valence-corrected chi connectivity index (χ1v) is 7.03. The molecule has 0 unspecified atom stereocenters. The lowest BCUT2D eigenvalue weighted by molar-refractivity contribution is 0.284. The fourth-order valence-corrected chi connectivity index (χ4v) is 1.43. The number of hydrogen-bond acceptors (Lipinski definition) is 1. The first-order chi connectivity index (χ1) is 7.33. The normalized spacial score (nSPS) is 9.60. The van der Waals surface area contributed by atoms with Crippen LogP contribution in [0.1, 0.15) is 71.6 Å². The van der Waals surface area contributed by atoms with Crippen LogP contribution in [-0.2, 0) is 0 Å². The lowest BCUT2D eigenvalue weighted by Gasteiger charge is -1.95. The molecule has 0 bridgehead atoms. The summed E-state index contributed by atoms with van der Waals surface area (Å²) in [5, 5.41) is 8.20. The molecule has 94 valence electrons. The van der Waals surface area contributed by atoms with Gasteiger partial charge in [-0.2, -0.15) is 0 Å². The van der Waals surface area contributed by atoms with E-state index < -0.39 is 0 Å². The summed E-state index contributed by atoms with van der Waals surface area (Å²) in [5.41, 5.74) is 0. The third-order valence-electron chi connectivity index (χ3n) is 2.25. The molecule has 0 aliphatic carbocycles. The molecule has 2 heteroatoms. The highest BCUT2D eigenvalue weighted by atomic mass is 35.5. The van der Waals surface area contributed by atoms with E-state index in [0.717, 1.165) is 18.7 Å². The standard InChI is InChI=1S/C8H17Cl.C5H12O/c1-2-3-4-5-6-7-8-9;1-2-3-4-5-6/h2-8H2,1H3;6H,2-5H2,1H3. The smallest absolute Gasteiger partial charge is 0.0431 e. The minimum atomic E-state index is 0.355. The summed E-state index contributed by atoms with van der Waals surface area (Å²) in [6.45, 7) is 4.71. The molecule has 0 aliphatic heterocycles.